The van der Waals surface area contributed by atoms with Crippen LogP contribution in [0, 0.1) is 0 Å². The maximum atomic E-state index is 12.0. The van der Waals surface area contributed by atoms with E-state index < -0.39 is 0 Å². The fourth-order valence-electron chi connectivity index (χ4n) is 1.73. The van der Waals surface area contributed by atoms with Crippen molar-refractivity contribution in [1.29, 1.82) is 0 Å². The summed E-state index contributed by atoms with van der Waals surface area (Å²) >= 11 is 0. The Balaban J connectivity index is 3.35. The van der Waals surface area contributed by atoms with E-state index in [1.165, 1.54) is 4.90 Å². The standard InChI is InChI=1S/C14H19NO3/c1-6-7-10-8-11(14(16)15(2)3)9-12(17-4)13(10)18-5/h6,8-9H,1,7H2,2-5H3. The van der Waals surface area contributed by atoms with Crippen molar-refractivity contribution in [2.75, 3.05) is 28.3 Å². The normalized spacial score (nSPS) is 9.78. The third-order valence-corrected chi connectivity index (χ3v) is 2.57. The minimum atomic E-state index is -0.0683. The predicted molar refractivity (Wildman–Crippen MR) is 71.5 cm³/mol. The highest BCUT2D eigenvalue weighted by Gasteiger charge is 2.16. The monoisotopic (exact) mass is 249 g/mol. The van der Waals surface area contributed by atoms with Gasteiger partial charge in [-0.2, -0.15) is 0 Å². The van der Waals surface area contributed by atoms with Crippen molar-refractivity contribution in [2.45, 2.75) is 6.42 Å². The molecule has 0 saturated carbocycles. The molecule has 0 unspecified atom stereocenters. The smallest absolute Gasteiger partial charge is 0.253 e. The molecule has 4 nitrogen and oxygen atoms in total. The van der Waals surface area contributed by atoms with Crippen LogP contribution in [0.2, 0.25) is 0 Å². The highest BCUT2D eigenvalue weighted by molar-refractivity contribution is 5.95. The molecule has 1 aromatic carbocycles. The molecule has 0 fully saturated rings. The largest absolute Gasteiger partial charge is 0.493 e. The number of methoxy groups -OCH3 is 2. The summed E-state index contributed by atoms with van der Waals surface area (Å²) in [4.78, 5) is 13.5. The second-order valence-electron chi connectivity index (χ2n) is 4.06. The van der Waals surface area contributed by atoms with E-state index in [1.807, 2.05) is 6.07 Å². The topological polar surface area (TPSA) is 38.8 Å². The second kappa shape index (κ2) is 6.10. The van der Waals surface area contributed by atoms with E-state index in [0.717, 1.165) is 5.56 Å². The minimum absolute atomic E-state index is 0.0683. The predicted octanol–water partition coefficient (Wildman–Crippen LogP) is 2.13. The lowest BCUT2D eigenvalue weighted by Crippen LogP contribution is -2.22. The van der Waals surface area contributed by atoms with Crippen molar-refractivity contribution in [3.63, 3.8) is 0 Å². The van der Waals surface area contributed by atoms with Crippen LogP contribution in [0.1, 0.15) is 15.9 Å². The van der Waals surface area contributed by atoms with Gasteiger partial charge in [-0.15, -0.1) is 6.58 Å². The van der Waals surface area contributed by atoms with Gasteiger partial charge in [0.1, 0.15) is 0 Å². The first-order chi connectivity index (χ1) is 8.54. The zero-order valence-corrected chi connectivity index (χ0v) is 11.3. The molecule has 4 heteroatoms. The number of carbonyl (C=O) groups is 1. The first-order valence-corrected chi connectivity index (χ1v) is 5.62. The quantitative estimate of drug-likeness (QED) is 0.750. The Morgan fingerprint density at radius 2 is 2.00 bits per heavy atom. The Bertz CT molecular complexity index is 453. The van der Waals surface area contributed by atoms with Crippen LogP contribution in [-0.4, -0.2) is 39.1 Å². The molecule has 98 valence electrons. The Kier molecular flexibility index (Phi) is 4.77. The van der Waals surface area contributed by atoms with Crippen LogP contribution in [0.25, 0.3) is 0 Å². The van der Waals surface area contributed by atoms with Gasteiger partial charge in [-0.3, -0.25) is 4.79 Å². The Morgan fingerprint density at radius 1 is 1.33 bits per heavy atom. The highest BCUT2D eigenvalue weighted by atomic mass is 16.5. The fourth-order valence-corrected chi connectivity index (χ4v) is 1.73. The van der Waals surface area contributed by atoms with Crippen molar-refractivity contribution >= 4 is 5.91 Å². The number of hydrogen-bond donors (Lipinski definition) is 0. The number of benzene rings is 1. The number of amides is 1. The van der Waals surface area contributed by atoms with Crippen molar-refractivity contribution in [3.8, 4) is 11.5 Å². The van der Waals surface area contributed by atoms with Crippen molar-refractivity contribution < 1.29 is 14.3 Å². The van der Waals surface area contributed by atoms with Gasteiger partial charge in [0.2, 0.25) is 0 Å². The van der Waals surface area contributed by atoms with Crippen LogP contribution < -0.4 is 9.47 Å². The SMILES string of the molecule is C=CCc1cc(C(=O)N(C)C)cc(OC)c1OC. The molecule has 0 aliphatic heterocycles. The maximum absolute atomic E-state index is 12.0. The average Bonchev–Trinajstić information content (AvgIpc) is 2.37. The molecule has 1 aromatic rings. The molecule has 1 amide bonds. The highest BCUT2D eigenvalue weighted by Crippen LogP contribution is 2.33. The van der Waals surface area contributed by atoms with Crippen LogP contribution in [0.3, 0.4) is 0 Å². The molecule has 0 radical (unpaired) electrons. The number of hydrogen-bond acceptors (Lipinski definition) is 3. The summed E-state index contributed by atoms with van der Waals surface area (Å²) in [6, 6.07) is 3.50. The van der Waals surface area contributed by atoms with Crippen molar-refractivity contribution in [3.05, 3.63) is 35.9 Å². The van der Waals surface area contributed by atoms with Gasteiger partial charge in [0.05, 0.1) is 14.2 Å². The van der Waals surface area contributed by atoms with Gasteiger partial charge in [-0.1, -0.05) is 6.08 Å². The molecule has 18 heavy (non-hydrogen) atoms. The summed E-state index contributed by atoms with van der Waals surface area (Å²) in [5, 5.41) is 0. The third-order valence-electron chi connectivity index (χ3n) is 2.57. The summed E-state index contributed by atoms with van der Waals surface area (Å²) < 4.78 is 10.6. The molecular weight excluding hydrogens is 230 g/mol. The van der Waals surface area contributed by atoms with Gasteiger partial charge in [0, 0.05) is 25.2 Å². The van der Waals surface area contributed by atoms with E-state index in [2.05, 4.69) is 6.58 Å². The Morgan fingerprint density at radius 3 is 2.44 bits per heavy atom. The van der Waals surface area contributed by atoms with Crippen molar-refractivity contribution in [2.24, 2.45) is 0 Å². The zero-order chi connectivity index (χ0) is 13.7. The Labute approximate surface area is 108 Å². The maximum Gasteiger partial charge on any atom is 0.253 e. The minimum Gasteiger partial charge on any atom is -0.493 e. The molecule has 0 atom stereocenters. The molecular formula is C14H19NO3. The molecule has 0 aliphatic carbocycles. The number of nitrogens with zero attached hydrogens (tertiary/aromatic N) is 1. The molecule has 0 aliphatic rings. The van der Waals surface area contributed by atoms with Crippen LogP contribution in [0.4, 0.5) is 0 Å². The first kappa shape index (κ1) is 14.1. The zero-order valence-electron chi connectivity index (χ0n) is 11.3. The van der Waals surface area contributed by atoms with Gasteiger partial charge in [-0.05, 0) is 18.6 Å². The summed E-state index contributed by atoms with van der Waals surface area (Å²) in [5.41, 5.74) is 1.46. The van der Waals surface area contributed by atoms with E-state index >= 15 is 0 Å². The van der Waals surface area contributed by atoms with Gasteiger partial charge in [0.25, 0.3) is 5.91 Å². The van der Waals surface area contributed by atoms with E-state index in [-0.39, 0.29) is 5.91 Å². The van der Waals surface area contributed by atoms with Gasteiger partial charge in [0.15, 0.2) is 11.5 Å². The van der Waals surface area contributed by atoms with Crippen LogP contribution in [0.15, 0.2) is 24.8 Å². The number of allylic oxidation sites excluding steroid dienone is 1. The second-order valence-corrected chi connectivity index (χ2v) is 4.06. The molecule has 0 bridgehead atoms. The Hall–Kier alpha value is -1.97. The fraction of sp³-hybridized carbons (Fsp3) is 0.357. The van der Waals surface area contributed by atoms with Crippen LogP contribution in [0.5, 0.6) is 11.5 Å². The third kappa shape index (κ3) is 2.83. The average molecular weight is 249 g/mol. The molecule has 0 spiro atoms. The lowest BCUT2D eigenvalue weighted by molar-refractivity contribution is 0.0827. The molecule has 1 rings (SSSR count). The van der Waals surface area contributed by atoms with Gasteiger partial charge >= 0.3 is 0 Å². The van der Waals surface area contributed by atoms with Crippen molar-refractivity contribution in [1.82, 2.24) is 4.90 Å². The molecule has 0 heterocycles. The summed E-state index contributed by atoms with van der Waals surface area (Å²) in [7, 11) is 6.57. The summed E-state index contributed by atoms with van der Waals surface area (Å²) in [5.74, 6) is 1.14. The van der Waals surface area contributed by atoms with E-state index in [1.54, 1.807) is 40.5 Å². The summed E-state index contributed by atoms with van der Waals surface area (Å²) in [6.07, 6.45) is 2.38. The molecule has 0 saturated heterocycles. The molecule has 0 aromatic heterocycles. The molecule has 0 N–H and O–H groups in total. The number of carbonyl (C=O) groups excluding carboxylic acids is 1. The first-order valence-electron chi connectivity index (χ1n) is 5.62. The van der Waals surface area contributed by atoms with Gasteiger partial charge in [-0.25, -0.2) is 0 Å². The van der Waals surface area contributed by atoms with Crippen LogP contribution >= 0.6 is 0 Å². The van der Waals surface area contributed by atoms with Crippen LogP contribution in [-0.2, 0) is 6.42 Å². The van der Waals surface area contributed by atoms with E-state index in [4.69, 9.17) is 9.47 Å². The number of ether oxygens (including phenoxy) is 2. The van der Waals surface area contributed by atoms with E-state index in [0.29, 0.717) is 23.5 Å². The van der Waals surface area contributed by atoms with E-state index in [9.17, 15) is 4.79 Å². The summed E-state index contributed by atoms with van der Waals surface area (Å²) in [6.45, 7) is 3.70. The van der Waals surface area contributed by atoms with Gasteiger partial charge < -0.3 is 14.4 Å². The lowest BCUT2D eigenvalue weighted by atomic mass is 10.0. The number of rotatable bonds is 5. The lowest BCUT2D eigenvalue weighted by Gasteiger charge is -2.16.